The Morgan fingerprint density at radius 2 is 2.19 bits per heavy atom. The highest BCUT2D eigenvalue weighted by Gasteiger charge is 2.09. The second-order valence-electron chi connectivity index (χ2n) is 4.22. The maximum absolute atomic E-state index is 5.66. The van der Waals surface area contributed by atoms with Crippen molar-refractivity contribution in [2.45, 2.75) is 51.7 Å². The summed E-state index contributed by atoms with van der Waals surface area (Å²) in [5.74, 6) is 1.41. The lowest BCUT2D eigenvalue weighted by atomic mass is 10.1. The van der Waals surface area contributed by atoms with Crippen LogP contribution in [0.3, 0.4) is 0 Å². The number of methoxy groups -OCH3 is 1. The highest BCUT2D eigenvalue weighted by Crippen LogP contribution is 2.06. The lowest BCUT2D eigenvalue weighted by molar-refractivity contribution is 0.116. The van der Waals surface area contributed by atoms with E-state index in [1.165, 1.54) is 0 Å². The molecule has 0 bridgehead atoms. The molecule has 0 aliphatic carbocycles. The van der Waals surface area contributed by atoms with E-state index in [2.05, 4.69) is 10.1 Å². The van der Waals surface area contributed by atoms with Crippen molar-refractivity contribution in [2.24, 2.45) is 5.73 Å². The van der Waals surface area contributed by atoms with E-state index in [1.54, 1.807) is 7.11 Å². The van der Waals surface area contributed by atoms with Gasteiger partial charge in [0.05, 0.1) is 6.10 Å². The average Bonchev–Trinajstić information content (AvgIpc) is 2.65. The van der Waals surface area contributed by atoms with Crippen molar-refractivity contribution in [3.05, 3.63) is 11.7 Å². The van der Waals surface area contributed by atoms with E-state index in [-0.39, 0.29) is 12.1 Å². The lowest BCUT2D eigenvalue weighted by Gasteiger charge is -2.04. The first-order chi connectivity index (χ1) is 7.61. The molecular formula is C11H21N3O2. The minimum atomic E-state index is 0.120. The van der Waals surface area contributed by atoms with Gasteiger partial charge in [0.2, 0.25) is 5.89 Å². The van der Waals surface area contributed by atoms with Crippen molar-refractivity contribution in [1.29, 1.82) is 0 Å². The average molecular weight is 227 g/mol. The van der Waals surface area contributed by atoms with Crippen LogP contribution >= 0.6 is 0 Å². The molecule has 0 spiro atoms. The van der Waals surface area contributed by atoms with Crippen LogP contribution in [0, 0.1) is 0 Å². The third-order valence-electron chi connectivity index (χ3n) is 2.43. The fourth-order valence-electron chi connectivity index (χ4n) is 1.39. The first-order valence-electron chi connectivity index (χ1n) is 5.71. The zero-order chi connectivity index (χ0) is 12.0. The third-order valence-corrected chi connectivity index (χ3v) is 2.43. The van der Waals surface area contributed by atoms with Crippen LogP contribution in [-0.2, 0) is 17.6 Å². The van der Waals surface area contributed by atoms with Gasteiger partial charge in [-0.1, -0.05) is 5.16 Å². The van der Waals surface area contributed by atoms with Crippen LogP contribution in [0.5, 0.6) is 0 Å². The summed E-state index contributed by atoms with van der Waals surface area (Å²) in [7, 11) is 1.67. The molecule has 1 aromatic rings. The summed E-state index contributed by atoms with van der Waals surface area (Å²) >= 11 is 0. The molecule has 0 aliphatic rings. The topological polar surface area (TPSA) is 74.2 Å². The van der Waals surface area contributed by atoms with Crippen LogP contribution in [0.4, 0.5) is 0 Å². The molecule has 5 nitrogen and oxygen atoms in total. The van der Waals surface area contributed by atoms with Crippen molar-refractivity contribution < 1.29 is 9.26 Å². The van der Waals surface area contributed by atoms with Crippen LogP contribution < -0.4 is 5.73 Å². The van der Waals surface area contributed by atoms with Crippen LogP contribution in [0.25, 0.3) is 0 Å². The minimum Gasteiger partial charge on any atom is -0.381 e. The molecule has 0 aliphatic heterocycles. The molecule has 2 N–H and O–H groups in total. The van der Waals surface area contributed by atoms with E-state index in [1.807, 2.05) is 13.8 Å². The van der Waals surface area contributed by atoms with Gasteiger partial charge in [0.25, 0.3) is 0 Å². The number of hydrogen-bond donors (Lipinski definition) is 1. The SMILES string of the molecule is COC(C)Cc1noc(CCCC(C)N)n1. The fraction of sp³-hybridized carbons (Fsp3) is 0.818. The minimum absolute atomic E-state index is 0.120. The molecule has 0 saturated carbocycles. The number of aromatic nitrogens is 2. The smallest absolute Gasteiger partial charge is 0.226 e. The molecule has 0 fully saturated rings. The van der Waals surface area contributed by atoms with Crippen LogP contribution in [0.2, 0.25) is 0 Å². The summed E-state index contributed by atoms with van der Waals surface area (Å²) in [5, 5.41) is 3.90. The number of hydrogen-bond acceptors (Lipinski definition) is 5. The molecule has 2 unspecified atom stereocenters. The summed E-state index contributed by atoms with van der Waals surface area (Å²) in [6.45, 7) is 3.98. The molecule has 1 rings (SSSR count). The highest BCUT2D eigenvalue weighted by molar-refractivity contribution is 4.88. The third kappa shape index (κ3) is 4.72. The summed E-state index contributed by atoms with van der Waals surface area (Å²) in [5.41, 5.74) is 5.66. The Morgan fingerprint density at radius 3 is 2.81 bits per heavy atom. The Kier molecular flexibility index (Phi) is 5.42. The maximum atomic E-state index is 5.66. The van der Waals surface area contributed by atoms with Gasteiger partial charge in [0, 0.05) is 26.0 Å². The van der Waals surface area contributed by atoms with Crippen molar-refractivity contribution in [2.75, 3.05) is 7.11 Å². The van der Waals surface area contributed by atoms with Gasteiger partial charge in [0.1, 0.15) is 0 Å². The second-order valence-corrected chi connectivity index (χ2v) is 4.22. The Labute approximate surface area is 96.4 Å². The quantitative estimate of drug-likeness (QED) is 0.760. The molecular weight excluding hydrogens is 206 g/mol. The predicted molar refractivity (Wildman–Crippen MR) is 61.1 cm³/mol. The Bertz CT molecular complexity index is 299. The van der Waals surface area contributed by atoms with Gasteiger partial charge in [-0.25, -0.2) is 0 Å². The first-order valence-corrected chi connectivity index (χ1v) is 5.71. The molecule has 0 radical (unpaired) electrons. The Hall–Kier alpha value is -0.940. The monoisotopic (exact) mass is 227 g/mol. The van der Waals surface area contributed by atoms with Gasteiger partial charge < -0.3 is 15.0 Å². The number of rotatable bonds is 7. The molecule has 1 aromatic heterocycles. The largest absolute Gasteiger partial charge is 0.381 e. The Morgan fingerprint density at radius 1 is 1.44 bits per heavy atom. The molecule has 1 heterocycles. The summed E-state index contributed by atoms with van der Waals surface area (Å²) in [6.07, 6.45) is 3.57. The van der Waals surface area contributed by atoms with Gasteiger partial charge in [0.15, 0.2) is 5.82 Å². The highest BCUT2D eigenvalue weighted by atomic mass is 16.5. The van der Waals surface area contributed by atoms with Gasteiger partial charge in [-0.05, 0) is 26.7 Å². The standard InChI is InChI=1S/C11H21N3O2/c1-8(12)5-4-6-11-13-10(14-16-11)7-9(2)15-3/h8-9H,4-7,12H2,1-3H3. The molecule has 0 amide bonds. The van der Waals surface area contributed by atoms with E-state index in [4.69, 9.17) is 15.0 Å². The van der Waals surface area contributed by atoms with E-state index in [9.17, 15) is 0 Å². The van der Waals surface area contributed by atoms with Gasteiger partial charge in [-0.3, -0.25) is 0 Å². The van der Waals surface area contributed by atoms with Crippen LogP contribution in [0.1, 0.15) is 38.4 Å². The summed E-state index contributed by atoms with van der Waals surface area (Å²) in [6, 6.07) is 0.232. The van der Waals surface area contributed by atoms with Gasteiger partial charge >= 0.3 is 0 Å². The molecule has 5 heteroatoms. The van der Waals surface area contributed by atoms with Gasteiger partial charge in [-0.2, -0.15) is 4.98 Å². The number of aryl methyl sites for hydroxylation is 1. The van der Waals surface area contributed by atoms with Crippen molar-refractivity contribution in [3.8, 4) is 0 Å². The van der Waals surface area contributed by atoms with Crippen molar-refractivity contribution in [1.82, 2.24) is 10.1 Å². The molecule has 0 saturated heterocycles. The molecule has 2 atom stereocenters. The van der Waals surface area contributed by atoms with E-state index in [0.717, 1.165) is 19.3 Å². The van der Waals surface area contributed by atoms with E-state index >= 15 is 0 Å². The van der Waals surface area contributed by atoms with Crippen LogP contribution in [0.15, 0.2) is 4.52 Å². The van der Waals surface area contributed by atoms with Crippen LogP contribution in [-0.4, -0.2) is 29.4 Å². The molecule has 0 aromatic carbocycles. The normalized spacial score (nSPS) is 15.0. The number of ether oxygens (including phenoxy) is 1. The zero-order valence-corrected chi connectivity index (χ0v) is 10.3. The number of nitrogens with zero attached hydrogens (tertiary/aromatic N) is 2. The molecule has 16 heavy (non-hydrogen) atoms. The van der Waals surface area contributed by atoms with Gasteiger partial charge in [-0.15, -0.1) is 0 Å². The lowest BCUT2D eigenvalue weighted by Crippen LogP contribution is -2.14. The fourth-order valence-corrected chi connectivity index (χ4v) is 1.39. The van der Waals surface area contributed by atoms with E-state index < -0.39 is 0 Å². The van der Waals surface area contributed by atoms with Crippen molar-refractivity contribution >= 4 is 0 Å². The maximum Gasteiger partial charge on any atom is 0.226 e. The summed E-state index contributed by atoms with van der Waals surface area (Å²) in [4.78, 5) is 4.30. The zero-order valence-electron chi connectivity index (χ0n) is 10.3. The predicted octanol–water partition coefficient (Wildman–Crippen LogP) is 1.32. The Balaban J connectivity index is 2.33. The van der Waals surface area contributed by atoms with E-state index in [0.29, 0.717) is 18.1 Å². The first kappa shape index (κ1) is 13.1. The summed E-state index contributed by atoms with van der Waals surface area (Å²) < 4.78 is 10.3. The molecule has 92 valence electrons. The second kappa shape index (κ2) is 6.60. The number of nitrogens with two attached hydrogens (primary N) is 1. The van der Waals surface area contributed by atoms with Crippen molar-refractivity contribution in [3.63, 3.8) is 0 Å².